The molecule has 1 atom stereocenters. The number of rotatable bonds is 6. The number of alkyl carbamates (subject to hydrolysis) is 1. The highest BCUT2D eigenvalue weighted by Crippen LogP contribution is 2.26. The highest BCUT2D eigenvalue weighted by molar-refractivity contribution is 5.76. The van der Waals surface area contributed by atoms with Crippen molar-refractivity contribution < 1.29 is 19.4 Å². The smallest absolute Gasteiger partial charge is 0.407 e. The fraction of sp³-hybridized carbons (Fsp3) is 0.600. The fourth-order valence-electron chi connectivity index (χ4n) is 1.89. The molecule has 22 heavy (non-hydrogen) atoms. The van der Waals surface area contributed by atoms with Crippen molar-refractivity contribution in [1.29, 1.82) is 0 Å². The number of nitrogens with zero attached hydrogens (tertiary/aromatic N) is 2. The van der Waals surface area contributed by atoms with E-state index in [1.165, 1.54) is 0 Å². The maximum absolute atomic E-state index is 11.7. The quantitative estimate of drug-likeness (QED) is 0.833. The summed E-state index contributed by atoms with van der Waals surface area (Å²) in [5.41, 5.74) is -1.80. The molecule has 0 saturated heterocycles. The van der Waals surface area contributed by atoms with Gasteiger partial charge in [-0.25, -0.2) is 14.8 Å². The lowest BCUT2D eigenvalue weighted by Gasteiger charge is -2.28. The Morgan fingerprint density at radius 2 is 1.86 bits per heavy atom. The molecule has 1 heterocycles. The molecule has 7 heteroatoms. The summed E-state index contributed by atoms with van der Waals surface area (Å²) in [4.78, 5) is 31.6. The summed E-state index contributed by atoms with van der Waals surface area (Å²) in [6, 6.07) is 1.66. The van der Waals surface area contributed by atoms with Crippen LogP contribution in [0.2, 0.25) is 0 Å². The molecule has 0 aromatic carbocycles. The minimum atomic E-state index is -1.17. The summed E-state index contributed by atoms with van der Waals surface area (Å²) < 4.78 is 5.13. The van der Waals surface area contributed by atoms with Gasteiger partial charge in [-0.3, -0.25) is 4.79 Å². The average molecular weight is 309 g/mol. The lowest BCUT2D eigenvalue weighted by atomic mass is 9.81. The Hall–Kier alpha value is -2.18. The van der Waals surface area contributed by atoms with Gasteiger partial charge in [0.15, 0.2) is 0 Å². The van der Waals surface area contributed by atoms with Gasteiger partial charge in [0, 0.05) is 25.4 Å². The van der Waals surface area contributed by atoms with Crippen molar-refractivity contribution in [3.05, 3.63) is 24.3 Å². The van der Waals surface area contributed by atoms with E-state index >= 15 is 0 Å². The summed E-state index contributed by atoms with van der Waals surface area (Å²) in [7, 11) is 0. The van der Waals surface area contributed by atoms with Gasteiger partial charge < -0.3 is 15.2 Å². The van der Waals surface area contributed by atoms with Crippen molar-refractivity contribution >= 4 is 12.1 Å². The number of hydrogen-bond donors (Lipinski definition) is 2. The number of carbonyl (C=O) groups excluding carboxylic acids is 1. The second-order valence-corrected chi connectivity index (χ2v) is 6.14. The van der Waals surface area contributed by atoms with Crippen LogP contribution in [0.1, 0.15) is 39.9 Å². The Bertz CT molecular complexity index is 513. The first kappa shape index (κ1) is 17.9. The zero-order valence-corrected chi connectivity index (χ0v) is 13.4. The van der Waals surface area contributed by atoms with Gasteiger partial charge >= 0.3 is 12.1 Å². The summed E-state index contributed by atoms with van der Waals surface area (Å²) in [6.07, 6.45) is 2.95. The van der Waals surface area contributed by atoms with Crippen LogP contribution < -0.4 is 5.32 Å². The van der Waals surface area contributed by atoms with E-state index in [4.69, 9.17) is 4.74 Å². The van der Waals surface area contributed by atoms with Gasteiger partial charge in [0.2, 0.25) is 0 Å². The van der Waals surface area contributed by atoms with E-state index in [2.05, 4.69) is 15.3 Å². The molecule has 0 spiro atoms. The molecular weight excluding hydrogens is 286 g/mol. The Labute approximate surface area is 130 Å². The van der Waals surface area contributed by atoms with Gasteiger partial charge in [0.1, 0.15) is 11.4 Å². The Morgan fingerprint density at radius 1 is 1.27 bits per heavy atom. The number of carboxylic acids is 1. The standard InChI is InChI=1S/C15H23N3O4/c1-5-15(12(19)20,9-11-16-7-6-8-17-11)10-18-13(21)22-14(2,3)4/h6-8H,5,9-10H2,1-4H3,(H,18,21)(H,19,20). The molecule has 1 aromatic heterocycles. The molecule has 122 valence electrons. The minimum absolute atomic E-state index is 0.0496. The van der Waals surface area contributed by atoms with Crippen molar-refractivity contribution in [1.82, 2.24) is 15.3 Å². The van der Waals surface area contributed by atoms with Gasteiger partial charge in [0.25, 0.3) is 0 Å². The summed E-state index contributed by atoms with van der Waals surface area (Å²) >= 11 is 0. The first-order valence-electron chi connectivity index (χ1n) is 7.15. The van der Waals surface area contributed by atoms with E-state index in [1.54, 1.807) is 46.2 Å². The van der Waals surface area contributed by atoms with Gasteiger partial charge in [-0.15, -0.1) is 0 Å². The molecule has 7 nitrogen and oxygen atoms in total. The number of carbonyl (C=O) groups is 2. The second kappa shape index (κ2) is 7.20. The van der Waals surface area contributed by atoms with Crippen LogP contribution in [-0.4, -0.2) is 39.3 Å². The van der Waals surface area contributed by atoms with Crippen LogP contribution >= 0.6 is 0 Å². The molecule has 1 aromatic rings. The van der Waals surface area contributed by atoms with Crippen LogP contribution in [0, 0.1) is 5.41 Å². The number of hydrogen-bond acceptors (Lipinski definition) is 5. The molecule has 0 radical (unpaired) electrons. The largest absolute Gasteiger partial charge is 0.481 e. The van der Waals surface area contributed by atoms with Crippen LogP contribution in [0.5, 0.6) is 0 Å². The average Bonchev–Trinajstić information content (AvgIpc) is 2.42. The fourth-order valence-corrected chi connectivity index (χ4v) is 1.89. The predicted octanol–water partition coefficient (Wildman–Crippen LogP) is 2.02. The summed E-state index contributed by atoms with van der Waals surface area (Å²) in [6.45, 7) is 6.94. The number of nitrogens with one attached hydrogen (secondary N) is 1. The molecule has 0 aliphatic heterocycles. The number of carboxylic acid groups (broad SMARTS) is 1. The Balaban J connectivity index is 2.80. The van der Waals surface area contributed by atoms with Gasteiger partial charge in [-0.1, -0.05) is 6.92 Å². The first-order valence-corrected chi connectivity index (χ1v) is 7.15. The van der Waals surface area contributed by atoms with E-state index in [0.29, 0.717) is 12.2 Å². The van der Waals surface area contributed by atoms with Gasteiger partial charge in [-0.2, -0.15) is 0 Å². The highest BCUT2D eigenvalue weighted by Gasteiger charge is 2.38. The highest BCUT2D eigenvalue weighted by atomic mass is 16.6. The lowest BCUT2D eigenvalue weighted by Crippen LogP contribution is -2.45. The number of ether oxygens (including phenoxy) is 1. The third kappa shape index (κ3) is 5.31. The number of amides is 1. The van der Waals surface area contributed by atoms with E-state index in [1.807, 2.05) is 0 Å². The van der Waals surface area contributed by atoms with E-state index < -0.39 is 23.1 Å². The molecule has 1 unspecified atom stereocenters. The zero-order chi connectivity index (χ0) is 16.8. The molecule has 0 fully saturated rings. The topological polar surface area (TPSA) is 101 Å². The third-order valence-electron chi connectivity index (χ3n) is 3.22. The van der Waals surface area contributed by atoms with Crippen molar-refractivity contribution in [2.45, 2.75) is 46.1 Å². The van der Waals surface area contributed by atoms with E-state index in [-0.39, 0.29) is 13.0 Å². The zero-order valence-electron chi connectivity index (χ0n) is 13.4. The number of aromatic nitrogens is 2. The first-order chi connectivity index (χ1) is 10.2. The number of aliphatic carboxylic acids is 1. The van der Waals surface area contributed by atoms with Crippen LogP contribution in [0.25, 0.3) is 0 Å². The molecule has 1 rings (SSSR count). The SMILES string of the molecule is CCC(CNC(=O)OC(C)(C)C)(Cc1ncccn1)C(=O)O. The Morgan fingerprint density at radius 3 is 2.32 bits per heavy atom. The van der Waals surface area contributed by atoms with Crippen molar-refractivity contribution in [3.8, 4) is 0 Å². The van der Waals surface area contributed by atoms with Crippen LogP contribution in [-0.2, 0) is 16.0 Å². The molecule has 0 bridgehead atoms. The molecule has 2 N–H and O–H groups in total. The van der Waals surface area contributed by atoms with Crippen LogP contribution in [0.15, 0.2) is 18.5 Å². The van der Waals surface area contributed by atoms with Crippen molar-refractivity contribution in [2.75, 3.05) is 6.54 Å². The van der Waals surface area contributed by atoms with Crippen molar-refractivity contribution in [3.63, 3.8) is 0 Å². The lowest BCUT2D eigenvalue weighted by molar-refractivity contribution is -0.149. The van der Waals surface area contributed by atoms with Gasteiger partial charge in [0.05, 0.1) is 5.41 Å². The molecule has 0 aliphatic rings. The van der Waals surface area contributed by atoms with Crippen molar-refractivity contribution in [2.24, 2.45) is 5.41 Å². The van der Waals surface area contributed by atoms with E-state index in [9.17, 15) is 14.7 Å². The van der Waals surface area contributed by atoms with Gasteiger partial charge in [-0.05, 0) is 33.3 Å². The predicted molar refractivity (Wildman–Crippen MR) is 80.3 cm³/mol. The van der Waals surface area contributed by atoms with Crippen LogP contribution in [0.4, 0.5) is 4.79 Å². The maximum Gasteiger partial charge on any atom is 0.407 e. The molecule has 0 aliphatic carbocycles. The summed E-state index contributed by atoms with van der Waals surface area (Å²) in [5.74, 6) is -0.573. The maximum atomic E-state index is 11.7. The van der Waals surface area contributed by atoms with E-state index in [0.717, 1.165) is 0 Å². The molecular formula is C15H23N3O4. The Kier molecular flexibility index (Phi) is 5.84. The third-order valence-corrected chi connectivity index (χ3v) is 3.22. The monoisotopic (exact) mass is 309 g/mol. The second-order valence-electron chi connectivity index (χ2n) is 6.14. The summed E-state index contributed by atoms with van der Waals surface area (Å²) in [5, 5.41) is 12.1. The van der Waals surface area contributed by atoms with Crippen LogP contribution in [0.3, 0.4) is 0 Å². The normalized spacial score (nSPS) is 14.0. The molecule has 0 saturated carbocycles. The molecule has 1 amide bonds. The minimum Gasteiger partial charge on any atom is -0.481 e.